The molecule has 31 heavy (non-hydrogen) atoms. The van der Waals surface area contributed by atoms with Crippen molar-refractivity contribution in [3.8, 4) is 17.2 Å². The van der Waals surface area contributed by atoms with Crippen molar-refractivity contribution in [2.45, 2.75) is 18.9 Å². The van der Waals surface area contributed by atoms with Crippen molar-refractivity contribution < 1.29 is 33.0 Å². The van der Waals surface area contributed by atoms with Crippen LogP contribution in [0.4, 0.5) is 0 Å². The Bertz CT molecular complexity index is 1070. The first-order valence-corrected chi connectivity index (χ1v) is 9.61. The van der Waals surface area contributed by atoms with Gasteiger partial charge in [0.2, 0.25) is 5.91 Å². The molecule has 0 saturated carbocycles. The molecule has 3 rings (SSSR count). The van der Waals surface area contributed by atoms with Gasteiger partial charge in [0.05, 0.1) is 53.6 Å². The number of nitrogens with one attached hydrogen (secondary N) is 1. The first-order valence-electron chi connectivity index (χ1n) is 9.61. The maximum atomic E-state index is 12.8. The molecule has 1 aromatic heterocycles. The van der Waals surface area contributed by atoms with E-state index in [1.807, 2.05) is 12.1 Å². The van der Waals surface area contributed by atoms with Crippen molar-refractivity contribution in [2.75, 3.05) is 28.4 Å². The molecule has 1 N–H and O–H groups in total. The number of fused-ring (bicyclic) bond motifs is 1. The highest BCUT2D eigenvalue weighted by Crippen LogP contribution is 2.31. The standard InChI is InChI=1S/C23H25NO7/c1-27-16-6-7-17-15(13-31-20(17)11-16)10-22(25)24-18(12-23(26)30-4)14-5-8-19(28-2)21(9-14)29-3/h5-9,11,13,18H,10,12H2,1-4H3,(H,24,25). The lowest BCUT2D eigenvalue weighted by Gasteiger charge is -2.19. The predicted molar refractivity (Wildman–Crippen MR) is 114 cm³/mol. The number of hydrogen-bond donors (Lipinski definition) is 1. The van der Waals surface area contributed by atoms with E-state index < -0.39 is 12.0 Å². The number of esters is 1. The highest BCUT2D eigenvalue weighted by molar-refractivity contribution is 5.88. The molecule has 0 fully saturated rings. The number of amides is 1. The zero-order valence-electron chi connectivity index (χ0n) is 17.9. The minimum Gasteiger partial charge on any atom is -0.497 e. The summed E-state index contributed by atoms with van der Waals surface area (Å²) in [5.74, 6) is 1.01. The number of carbonyl (C=O) groups excluding carboxylic acids is 2. The molecular weight excluding hydrogens is 402 g/mol. The molecule has 1 unspecified atom stereocenters. The summed E-state index contributed by atoms with van der Waals surface area (Å²) in [5, 5.41) is 3.74. The largest absolute Gasteiger partial charge is 0.497 e. The summed E-state index contributed by atoms with van der Waals surface area (Å²) in [4.78, 5) is 24.8. The second kappa shape index (κ2) is 9.88. The van der Waals surface area contributed by atoms with Crippen LogP contribution in [0.25, 0.3) is 11.0 Å². The molecule has 0 saturated heterocycles. The van der Waals surface area contributed by atoms with Gasteiger partial charge in [-0.3, -0.25) is 9.59 Å². The van der Waals surface area contributed by atoms with Crippen LogP contribution in [0, 0.1) is 0 Å². The lowest BCUT2D eigenvalue weighted by molar-refractivity contribution is -0.141. The zero-order valence-corrected chi connectivity index (χ0v) is 17.9. The van der Waals surface area contributed by atoms with Gasteiger partial charge >= 0.3 is 5.97 Å². The summed E-state index contributed by atoms with van der Waals surface area (Å²) in [6.07, 6.45) is 1.61. The maximum absolute atomic E-state index is 12.8. The van der Waals surface area contributed by atoms with Gasteiger partial charge in [-0.1, -0.05) is 6.07 Å². The average molecular weight is 427 g/mol. The third kappa shape index (κ3) is 5.09. The molecule has 8 nitrogen and oxygen atoms in total. The van der Waals surface area contributed by atoms with Crippen LogP contribution >= 0.6 is 0 Å². The first-order chi connectivity index (χ1) is 15.0. The maximum Gasteiger partial charge on any atom is 0.307 e. The van der Waals surface area contributed by atoms with E-state index in [2.05, 4.69) is 5.32 Å². The number of rotatable bonds is 9. The van der Waals surface area contributed by atoms with Gasteiger partial charge < -0.3 is 28.7 Å². The molecule has 0 aliphatic carbocycles. The van der Waals surface area contributed by atoms with Crippen LogP contribution in [-0.2, 0) is 20.7 Å². The van der Waals surface area contributed by atoms with E-state index in [0.717, 1.165) is 10.9 Å². The number of furan rings is 1. The monoisotopic (exact) mass is 427 g/mol. The summed E-state index contributed by atoms with van der Waals surface area (Å²) < 4.78 is 26.1. The molecule has 8 heteroatoms. The molecule has 0 spiro atoms. The molecule has 0 bridgehead atoms. The zero-order chi connectivity index (χ0) is 22.4. The number of hydrogen-bond acceptors (Lipinski definition) is 7. The lowest BCUT2D eigenvalue weighted by atomic mass is 10.0. The molecule has 2 aromatic carbocycles. The summed E-state index contributed by atoms with van der Waals surface area (Å²) in [6.45, 7) is 0. The molecule has 1 atom stereocenters. The van der Waals surface area contributed by atoms with E-state index in [-0.39, 0.29) is 18.7 Å². The Morgan fingerprint density at radius 1 is 0.968 bits per heavy atom. The Kier molecular flexibility index (Phi) is 7.02. The van der Waals surface area contributed by atoms with Crippen molar-refractivity contribution >= 4 is 22.8 Å². The normalized spacial score (nSPS) is 11.6. The quantitative estimate of drug-likeness (QED) is 0.523. The molecular formula is C23H25NO7. The summed E-state index contributed by atoms with van der Waals surface area (Å²) in [5.41, 5.74) is 2.06. The summed E-state index contributed by atoms with van der Waals surface area (Å²) in [7, 11) is 5.94. The molecule has 1 amide bonds. The highest BCUT2D eigenvalue weighted by atomic mass is 16.5. The van der Waals surface area contributed by atoms with Gasteiger partial charge in [-0.15, -0.1) is 0 Å². The van der Waals surface area contributed by atoms with Gasteiger partial charge in [-0.25, -0.2) is 0 Å². The SMILES string of the molecule is COC(=O)CC(NC(=O)Cc1coc2cc(OC)ccc12)c1ccc(OC)c(OC)c1. The summed E-state index contributed by atoms with van der Waals surface area (Å²) >= 11 is 0. The van der Waals surface area contributed by atoms with E-state index in [9.17, 15) is 9.59 Å². The molecule has 1 heterocycles. The Labute approximate surface area is 180 Å². The fourth-order valence-corrected chi connectivity index (χ4v) is 3.32. The van der Waals surface area contributed by atoms with E-state index in [1.54, 1.807) is 37.6 Å². The van der Waals surface area contributed by atoms with Gasteiger partial charge in [0.25, 0.3) is 0 Å². The Morgan fingerprint density at radius 3 is 2.42 bits per heavy atom. The van der Waals surface area contributed by atoms with Gasteiger partial charge in [-0.05, 0) is 29.8 Å². The van der Waals surface area contributed by atoms with E-state index in [0.29, 0.717) is 28.4 Å². The van der Waals surface area contributed by atoms with E-state index in [4.69, 9.17) is 23.4 Å². The smallest absolute Gasteiger partial charge is 0.307 e. The van der Waals surface area contributed by atoms with Crippen molar-refractivity contribution in [2.24, 2.45) is 0 Å². The number of carbonyl (C=O) groups is 2. The third-order valence-electron chi connectivity index (χ3n) is 4.96. The number of ether oxygens (including phenoxy) is 4. The minimum atomic E-state index is -0.599. The van der Waals surface area contributed by atoms with Gasteiger partial charge in [-0.2, -0.15) is 0 Å². The fourth-order valence-electron chi connectivity index (χ4n) is 3.32. The third-order valence-corrected chi connectivity index (χ3v) is 4.96. The molecule has 0 aliphatic heterocycles. The second-order valence-electron chi connectivity index (χ2n) is 6.81. The molecule has 164 valence electrons. The van der Waals surface area contributed by atoms with Crippen LogP contribution in [0.15, 0.2) is 47.1 Å². The predicted octanol–water partition coefficient (Wildman–Crippen LogP) is 3.42. The van der Waals surface area contributed by atoms with Gasteiger partial charge in [0.1, 0.15) is 11.3 Å². The Morgan fingerprint density at radius 2 is 1.74 bits per heavy atom. The van der Waals surface area contributed by atoms with Gasteiger partial charge in [0, 0.05) is 17.0 Å². The van der Waals surface area contributed by atoms with Crippen molar-refractivity contribution in [3.05, 3.63) is 53.8 Å². The van der Waals surface area contributed by atoms with Crippen LogP contribution in [-0.4, -0.2) is 40.3 Å². The van der Waals surface area contributed by atoms with Crippen molar-refractivity contribution in [1.29, 1.82) is 0 Å². The van der Waals surface area contributed by atoms with Gasteiger partial charge in [0.15, 0.2) is 11.5 Å². The second-order valence-corrected chi connectivity index (χ2v) is 6.81. The van der Waals surface area contributed by atoms with E-state index in [1.165, 1.54) is 21.3 Å². The molecule has 0 radical (unpaired) electrons. The fraction of sp³-hybridized carbons (Fsp3) is 0.304. The Balaban J connectivity index is 1.81. The molecule has 3 aromatic rings. The lowest BCUT2D eigenvalue weighted by Crippen LogP contribution is -2.31. The highest BCUT2D eigenvalue weighted by Gasteiger charge is 2.21. The summed E-state index contributed by atoms with van der Waals surface area (Å²) in [6, 6.07) is 10.0. The van der Waals surface area contributed by atoms with Crippen LogP contribution in [0.1, 0.15) is 23.6 Å². The van der Waals surface area contributed by atoms with Crippen LogP contribution < -0.4 is 19.5 Å². The number of methoxy groups -OCH3 is 4. The minimum absolute atomic E-state index is 0.0267. The average Bonchev–Trinajstić information content (AvgIpc) is 3.19. The molecule has 0 aliphatic rings. The van der Waals surface area contributed by atoms with Crippen molar-refractivity contribution in [3.63, 3.8) is 0 Å². The Hall–Kier alpha value is -3.68. The van der Waals surface area contributed by atoms with Crippen molar-refractivity contribution in [1.82, 2.24) is 5.32 Å². The number of benzene rings is 2. The van der Waals surface area contributed by atoms with Crippen LogP contribution in [0.5, 0.6) is 17.2 Å². The van der Waals surface area contributed by atoms with Crippen LogP contribution in [0.2, 0.25) is 0 Å². The first kappa shape index (κ1) is 22.0. The van der Waals surface area contributed by atoms with E-state index >= 15 is 0 Å². The van der Waals surface area contributed by atoms with Crippen LogP contribution in [0.3, 0.4) is 0 Å². The topological polar surface area (TPSA) is 96.2 Å².